The number of non-ortho nitro benzene ring substituents is 1. The second-order valence-electron chi connectivity index (χ2n) is 7.50. The van der Waals surface area contributed by atoms with E-state index in [0.29, 0.717) is 17.2 Å². The highest BCUT2D eigenvalue weighted by atomic mass is 16.6. The lowest BCUT2D eigenvalue weighted by molar-refractivity contribution is -0.384. The third-order valence-electron chi connectivity index (χ3n) is 5.30. The molecule has 0 spiro atoms. The Labute approximate surface area is 186 Å². The van der Waals surface area contributed by atoms with Crippen molar-refractivity contribution in [1.82, 2.24) is 4.90 Å². The van der Waals surface area contributed by atoms with Crippen LogP contribution in [0.1, 0.15) is 0 Å². The van der Waals surface area contributed by atoms with Crippen molar-refractivity contribution in [2.45, 2.75) is 0 Å². The number of benzene rings is 3. The van der Waals surface area contributed by atoms with Gasteiger partial charge in [0.2, 0.25) is 5.91 Å². The van der Waals surface area contributed by atoms with Gasteiger partial charge in [-0.1, -0.05) is 30.3 Å². The average Bonchev–Trinajstić information content (AvgIpc) is 2.81. The Morgan fingerprint density at radius 1 is 0.906 bits per heavy atom. The fourth-order valence-corrected chi connectivity index (χ4v) is 3.62. The average molecular weight is 432 g/mol. The van der Waals surface area contributed by atoms with Crippen LogP contribution in [0.5, 0.6) is 11.5 Å². The molecule has 0 atom stereocenters. The quantitative estimate of drug-likeness (QED) is 0.446. The molecule has 1 amide bonds. The van der Waals surface area contributed by atoms with E-state index >= 15 is 0 Å². The Bertz CT molecular complexity index is 1060. The van der Waals surface area contributed by atoms with Crippen molar-refractivity contribution in [2.24, 2.45) is 0 Å². The minimum absolute atomic E-state index is 0.0839. The van der Waals surface area contributed by atoms with Gasteiger partial charge in [0.05, 0.1) is 17.2 Å². The van der Waals surface area contributed by atoms with E-state index in [-0.39, 0.29) is 18.1 Å². The fraction of sp³-hybridized carbons (Fsp3) is 0.208. The van der Waals surface area contributed by atoms with Gasteiger partial charge in [-0.05, 0) is 36.4 Å². The smallest absolute Gasteiger partial charge is 0.269 e. The monoisotopic (exact) mass is 432 g/mol. The fourth-order valence-electron chi connectivity index (χ4n) is 3.62. The zero-order valence-electron chi connectivity index (χ0n) is 17.5. The van der Waals surface area contributed by atoms with Crippen LogP contribution in [-0.4, -0.2) is 48.5 Å². The highest BCUT2D eigenvalue weighted by Gasteiger charge is 2.20. The summed E-state index contributed by atoms with van der Waals surface area (Å²) in [4.78, 5) is 27.3. The van der Waals surface area contributed by atoms with Gasteiger partial charge in [0, 0.05) is 44.0 Å². The molecule has 3 aromatic carbocycles. The first-order valence-corrected chi connectivity index (χ1v) is 10.4. The predicted octanol–water partition coefficient (Wildman–Crippen LogP) is 4.15. The molecule has 0 radical (unpaired) electrons. The summed E-state index contributed by atoms with van der Waals surface area (Å²) >= 11 is 0. The highest BCUT2D eigenvalue weighted by Crippen LogP contribution is 2.29. The Balaban J connectivity index is 1.30. The molecule has 4 rings (SSSR count). The standard InChI is InChI=1S/C24H24N4O4/c29-24(25-22-8-4-5-9-23(22)32-21-6-2-1-3-7-21)18-26-14-16-27(17-15-26)19-10-12-20(13-11-19)28(30)31/h1-13H,14-18H2,(H,25,29). The number of nitrogens with one attached hydrogen (secondary N) is 1. The molecule has 0 bridgehead atoms. The van der Waals surface area contributed by atoms with Crippen molar-refractivity contribution >= 4 is 23.0 Å². The number of rotatable bonds is 7. The molecular weight excluding hydrogens is 408 g/mol. The van der Waals surface area contributed by atoms with E-state index in [1.165, 1.54) is 12.1 Å². The molecule has 32 heavy (non-hydrogen) atoms. The minimum atomic E-state index is -0.399. The van der Waals surface area contributed by atoms with E-state index in [1.807, 2.05) is 54.6 Å². The Morgan fingerprint density at radius 2 is 1.56 bits per heavy atom. The zero-order chi connectivity index (χ0) is 22.3. The van der Waals surface area contributed by atoms with Crippen LogP contribution < -0.4 is 15.0 Å². The van der Waals surface area contributed by atoms with Gasteiger partial charge in [-0.3, -0.25) is 19.8 Å². The number of ether oxygens (including phenoxy) is 1. The Morgan fingerprint density at radius 3 is 2.25 bits per heavy atom. The number of nitro groups is 1. The molecule has 0 aliphatic carbocycles. The largest absolute Gasteiger partial charge is 0.455 e. The van der Waals surface area contributed by atoms with Crippen LogP contribution in [-0.2, 0) is 4.79 Å². The van der Waals surface area contributed by atoms with Crippen molar-refractivity contribution in [2.75, 3.05) is 42.9 Å². The normalized spacial score (nSPS) is 14.1. The Hall–Kier alpha value is -3.91. The van der Waals surface area contributed by atoms with E-state index in [9.17, 15) is 14.9 Å². The first-order chi connectivity index (χ1) is 15.6. The number of amides is 1. The van der Waals surface area contributed by atoms with Gasteiger partial charge in [0.15, 0.2) is 5.75 Å². The van der Waals surface area contributed by atoms with Gasteiger partial charge < -0.3 is 15.0 Å². The zero-order valence-corrected chi connectivity index (χ0v) is 17.5. The molecule has 1 fully saturated rings. The third kappa shape index (κ3) is 5.41. The van der Waals surface area contributed by atoms with Crippen molar-refractivity contribution in [3.63, 3.8) is 0 Å². The number of hydrogen-bond acceptors (Lipinski definition) is 6. The summed E-state index contributed by atoms with van der Waals surface area (Å²) in [6.45, 7) is 3.24. The molecule has 1 aliphatic rings. The van der Waals surface area contributed by atoms with E-state index in [4.69, 9.17) is 4.74 Å². The molecule has 1 saturated heterocycles. The lowest BCUT2D eigenvalue weighted by Gasteiger charge is -2.35. The minimum Gasteiger partial charge on any atom is -0.455 e. The van der Waals surface area contributed by atoms with Crippen LogP contribution in [0.2, 0.25) is 0 Å². The van der Waals surface area contributed by atoms with Crippen molar-refractivity contribution in [1.29, 1.82) is 0 Å². The van der Waals surface area contributed by atoms with Crippen molar-refractivity contribution in [3.8, 4) is 11.5 Å². The first-order valence-electron chi connectivity index (χ1n) is 10.4. The molecule has 1 aliphatic heterocycles. The van der Waals surface area contributed by atoms with Gasteiger partial charge in [-0.2, -0.15) is 0 Å². The second-order valence-corrected chi connectivity index (χ2v) is 7.50. The molecule has 0 saturated carbocycles. The van der Waals surface area contributed by atoms with Crippen LogP contribution in [0.3, 0.4) is 0 Å². The molecule has 3 aromatic rings. The number of nitro benzene ring substituents is 1. The highest BCUT2D eigenvalue weighted by molar-refractivity contribution is 5.93. The van der Waals surface area contributed by atoms with E-state index in [1.54, 1.807) is 12.1 Å². The second kappa shape index (κ2) is 9.93. The van der Waals surface area contributed by atoms with Crippen LogP contribution in [0, 0.1) is 10.1 Å². The number of para-hydroxylation sites is 3. The van der Waals surface area contributed by atoms with Crippen LogP contribution in [0.15, 0.2) is 78.9 Å². The van der Waals surface area contributed by atoms with Gasteiger partial charge >= 0.3 is 0 Å². The van der Waals surface area contributed by atoms with Gasteiger partial charge in [0.25, 0.3) is 5.69 Å². The lowest BCUT2D eigenvalue weighted by Crippen LogP contribution is -2.48. The molecule has 1 N–H and O–H groups in total. The van der Waals surface area contributed by atoms with Crippen LogP contribution in [0.25, 0.3) is 0 Å². The van der Waals surface area contributed by atoms with E-state index in [0.717, 1.165) is 31.9 Å². The van der Waals surface area contributed by atoms with Gasteiger partial charge in [-0.15, -0.1) is 0 Å². The SMILES string of the molecule is O=C(CN1CCN(c2ccc([N+](=O)[O-])cc2)CC1)Nc1ccccc1Oc1ccccc1. The van der Waals surface area contributed by atoms with E-state index in [2.05, 4.69) is 15.1 Å². The number of piperazine rings is 1. The molecule has 0 unspecified atom stereocenters. The number of carbonyl (C=O) groups is 1. The number of carbonyl (C=O) groups excluding carboxylic acids is 1. The number of nitrogens with zero attached hydrogens (tertiary/aromatic N) is 3. The maximum absolute atomic E-state index is 12.7. The molecule has 1 heterocycles. The molecule has 164 valence electrons. The maximum Gasteiger partial charge on any atom is 0.269 e. The molecule has 0 aromatic heterocycles. The summed E-state index contributed by atoms with van der Waals surface area (Å²) in [5.74, 6) is 1.20. The molecular formula is C24H24N4O4. The van der Waals surface area contributed by atoms with Crippen molar-refractivity contribution in [3.05, 3.63) is 89.0 Å². The lowest BCUT2D eigenvalue weighted by atomic mass is 10.2. The Kier molecular flexibility index (Phi) is 6.62. The summed E-state index contributed by atoms with van der Waals surface area (Å²) in [5.41, 5.74) is 1.66. The summed E-state index contributed by atoms with van der Waals surface area (Å²) in [5, 5.41) is 13.8. The van der Waals surface area contributed by atoms with Crippen LogP contribution >= 0.6 is 0 Å². The van der Waals surface area contributed by atoms with E-state index < -0.39 is 4.92 Å². The van der Waals surface area contributed by atoms with Crippen LogP contribution in [0.4, 0.5) is 17.1 Å². The summed E-state index contributed by atoms with van der Waals surface area (Å²) in [6, 6.07) is 23.4. The maximum atomic E-state index is 12.7. The predicted molar refractivity (Wildman–Crippen MR) is 123 cm³/mol. The molecule has 8 nitrogen and oxygen atoms in total. The number of anilines is 2. The van der Waals surface area contributed by atoms with Gasteiger partial charge in [0.1, 0.15) is 5.75 Å². The first kappa shape index (κ1) is 21.3. The molecule has 8 heteroatoms. The summed E-state index contributed by atoms with van der Waals surface area (Å²) < 4.78 is 5.91. The topological polar surface area (TPSA) is 88.0 Å². The third-order valence-corrected chi connectivity index (χ3v) is 5.30. The van der Waals surface area contributed by atoms with Gasteiger partial charge in [-0.25, -0.2) is 0 Å². The summed E-state index contributed by atoms with van der Waals surface area (Å²) in [7, 11) is 0. The number of hydrogen-bond donors (Lipinski definition) is 1. The van der Waals surface area contributed by atoms with Crippen molar-refractivity contribution < 1.29 is 14.5 Å². The summed E-state index contributed by atoms with van der Waals surface area (Å²) in [6.07, 6.45) is 0.